The molecule has 5 nitrogen and oxygen atoms in total. The van der Waals surface area contributed by atoms with E-state index in [0.717, 1.165) is 5.56 Å². The number of nitrogens with one attached hydrogen (secondary N) is 2. The molecule has 5 heteroatoms. The fourth-order valence-corrected chi connectivity index (χ4v) is 1.68. The minimum absolute atomic E-state index is 0.0126. The number of amides is 2. The zero-order valence-electron chi connectivity index (χ0n) is 12.3. The quantitative estimate of drug-likeness (QED) is 0.694. The van der Waals surface area contributed by atoms with Crippen LogP contribution in [-0.4, -0.2) is 36.6 Å². The van der Waals surface area contributed by atoms with Crippen LogP contribution in [0.1, 0.15) is 34.8 Å². The summed E-state index contributed by atoms with van der Waals surface area (Å²) in [7, 11) is 0. The lowest BCUT2D eigenvalue weighted by Gasteiger charge is -2.08. The second kappa shape index (κ2) is 8.77. The Bertz CT molecular complexity index is 571. The number of hydrogen-bond acceptors (Lipinski definition) is 3. The Hall–Kier alpha value is -2.32. The van der Waals surface area contributed by atoms with E-state index < -0.39 is 0 Å². The molecular weight excluding hydrogens is 268 g/mol. The number of benzene rings is 1. The van der Waals surface area contributed by atoms with E-state index in [-0.39, 0.29) is 25.0 Å². The smallest absolute Gasteiger partial charge is 0.252 e. The van der Waals surface area contributed by atoms with Crippen molar-refractivity contribution in [3.63, 3.8) is 0 Å². The molecule has 0 unspecified atom stereocenters. The molecule has 0 saturated heterocycles. The highest BCUT2D eigenvalue weighted by atomic mass is 16.2. The minimum Gasteiger partial charge on any atom is -0.395 e. The molecule has 3 N–H and O–H groups in total. The molecule has 1 rings (SSSR count). The Morgan fingerprint density at radius 3 is 2.71 bits per heavy atom. The third-order valence-corrected chi connectivity index (χ3v) is 2.74. The molecule has 112 valence electrons. The van der Waals surface area contributed by atoms with E-state index in [1.165, 1.54) is 0 Å². The SMILES string of the molecule is CCNC(=O)CNC(=O)c1cc(C#CCCO)ccc1C. The van der Waals surface area contributed by atoms with Gasteiger partial charge in [0.15, 0.2) is 0 Å². The Labute approximate surface area is 124 Å². The van der Waals surface area contributed by atoms with Gasteiger partial charge in [-0.3, -0.25) is 9.59 Å². The van der Waals surface area contributed by atoms with Crippen LogP contribution in [0.3, 0.4) is 0 Å². The van der Waals surface area contributed by atoms with E-state index in [1.54, 1.807) is 6.07 Å². The van der Waals surface area contributed by atoms with Gasteiger partial charge in [0.25, 0.3) is 5.91 Å². The average molecular weight is 288 g/mol. The molecular formula is C16H20N2O3. The molecule has 2 amide bonds. The fourth-order valence-electron chi connectivity index (χ4n) is 1.68. The summed E-state index contributed by atoms with van der Waals surface area (Å²) in [6, 6.07) is 5.32. The number of likely N-dealkylation sites (N-methyl/N-ethyl adjacent to an activating group) is 1. The van der Waals surface area contributed by atoms with Gasteiger partial charge in [-0.2, -0.15) is 0 Å². The van der Waals surface area contributed by atoms with Crippen LogP contribution in [0.5, 0.6) is 0 Å². The van der Waals surface area contributed by atoms with Gasteiger partial charge in [0.1, 0.15) is 0 Å². The van der Waals surface area contributed by atoms with E-state index in [2.05, 4.69) is 22.5 Å². The van der Waals surface area contributed by atoms with Gasteiger partial charge >= 0.3 is 0 Å². The van der Waals surface area contributed by atoms with Crippen molar-refractivity contribution in [1.82, 2.24) is 10.6 Å². The predicted octanol–water partition coefficient (Wildman–Crippen LogP) is 0.595. The average Bonchev–Trinajstić information content (AvgIpc) is 2.47. The molecule has 0 radical (unpaired) electrons. The summed E-state index contributed by atoms with van der Waals surface area (Å²) in [6.07, 6.45) is 0.395. The molecule has 21 heavy (non-hydrogen) atoms. The molecule has 0 atom stereocenters. The molecule has 1 aromatic carbocycles. The Morgan fingerprint density at radius 1 is 1.29 bits per heavy atom. The molecule has 0 aromatic heterocycles. The maximum atomic E-state index is 12.1. The first kappa shape index (κ1) is 16.7. The van der Waals surface area contributed by atoms with E-state index in [1.807, 2.05) is 26.0 Å². The highest BCUT2D eigenvalue weighted by molar-refractivity contribution is 5.98. The monoisotopic (exact) mass is 288 g/mol. The van der Waals surface area contributed by atoms with Crippen molar-refractivity contribution in [2.75, 3.05) is 19.7 Å². The predicted molar refractivity (Wildman–Crippen MR) is 80.8 cm³/mol. The lowest BCUT2D eigenvalue weighted by molar-refractivity contribution is -0.120. The van der Waals surface area contributed by atoms with Crippen molar-refractivity contribution in [3.8, 4) is 11.8 Å². The molecule has 0 spiro atoms. The van der Waals surface area contributed by atoms with Crippen molar-refractivity contribution >= 4 is 11.8 Å². The van der Waals surface area contributed by atoms with Gasteiger partial charge < -0.3 is 15.7 Å². The summed E-state index contributed by atoms with van der Waals surface area (Å²) in [5.41, 5.74) is 2.02. The molecule has 0 heterocycles. The van der Waals surface area contributed by atoms with Gasteiger partial charge in [-0.1, -0.05) is 17.9 Å². The van der Waals surface area contributed by atoms with Crippen LogP contribution in [0.15, 0.2) is 18.2 Å². The number of carbonyl (C=O) groups excluding carboxylic acids is 2. The number of aliphatic hydroxyl groups excluding tert-OH is 1. The summed E-state index contributed by atoms with van der Waals surface area (Å²) >= 11 is 0. The zero-order valence-corrected chi connectivity index (χ0v) is 12.3. The molecule has 0 aliphatic carbocycles. The largest absolute Gasteiger partial charge is 0.395 e. The Balaban J connectivity index is 2.77. The fraction of sp³-hybridized carbons (Fsp3) is 0.375. The van der Waals surface area contributed by atoms with Crippen LogP contribution < -0.4 is 10.6 Å². The van der Waals surface area contributed by atoms with Crippen LogP contribution in [-0.2, 0) is 4.79 Å². The Kier molecular flexibility index (Phi) is 6.99. The summed E-state index contributed by atoms with van der Waals surface area (Å²) in [6.45, 7) is 4.14. The first-order valence-electron chi connectivity index (χ1n) is 6.83. The maximum Gasteiger partial charge on any atom is 0.252 e. The number of aryl methyl sites for hydroxylation is 1. The molecule has 0 aliphatic rings. The van der Waals surface area contributed by atoms with Crippen LogP contribution >= 0.6 is 0 Å². The van der Waals surface area contributed by atoms with Crippen LogP contribution in [0.2, 0.25) is 0 Å². The minimum atomic E-state index is -0.301. The standard InChI is InChI=1S/C16H20N2O3/c1-3-17-15(20)11-18-16(21)14-10-13(6-4-5-9-19)8-7-12(14)2/h7-8,10,19H,3,5,9,11H2,1-2H3,(H,17,20)(H,18,21). The van der Waals surface area contributed by atoms with Gasteiger partial charge in [0, 0.05) is 24.1 Å². The molecule has 0 saturated carbocycles. The number of rotatable bonds is 5. The second-order valence-corrected chi connectivity index (χ2v) is 4.44. The van der Waals surface area contributed by atoms with Crippen molar-refractivity contribution in [3.05, 3.63) is 34.9 Å². The number of hydrogen-bond donors (Lipinski definition) is 3. The van der Waals surface area contributed by atoms with E-state index in [9.17, 15) is 9.59 Å². The van der Waals surface area contributed by atoms with Crippen molar-refractivity contribution in [1.29, 1.82) is 0 Å². The van der Waals surface area contributed by atoms with E-state index >= 15 is 0 Å². The van der Waals surface area contributed by atoms with Crippen molar-refractivity contribution in [2.45, 2.75) is 20.3 Å². The third-order valence-electron chi connectivity index (χ3n) is 2.74. The highest BCUT2D eigenvalue weighted by Gasteiger charge is 2.10. The van der Waals surface area contributed by atoms with Crippen LogP contribution in [0, 0.1) is 18.8 Å². The summed E-state index contributed by atoms with van der Waals surface area (Å²) < 4.78 is 0. The van der Waals surface area contributed by atoms with Gasteiger partial charge in [-0.15, -0.1) is 0 Å². The lowest BCUT2D eigenvalue weighted by Crippen LogP contribution is -2.37. The first-order valence-corrected chi connectivity index (χ1v) is 6.83. The van der Waals surface area contributed by atoms with Crippen LogP contribution in [0.25, 0.3) is 0 Å². The molecule has 0 aliphatic heterocycles. The first-order chi connectivity index (χ1) is 10.1. The topological polar surface area (TPSA) is 78.4 Å². The lowest BCUT2D eigenvalue weighted by atomic mass is 10.0. The van der Waals surface area contributed by atoms with Gasteiger partial charge in [-0.05, 0) is 31.5 Å². The van der Waals surface area contributed by atoms with E-state index in [4.69, 9.17) is 5.11 Å². The number of aliphatic hydroxyl groups is 1. The van der Waals surface area contributed by atoms with Crippen molar-refractivity contribution in [2.24, 2.45) is 0 Å². The third kappa shape index (κ3) is 5.67. The van der Waals surface area contributed by atoms with Crippen LogP contribution in [0.4, 0.5) is 0 Å². The summed E-state index contributed by atoms with van der Waals surface area (Å²) in [5, 5.41) is 13.9. The normalized spacial score (nSPS) is 9.48. The van der Waals surface area contributed by atoms with Gasteiger partial charge in [0.05, 0.1) is 13.2 Å². The molecule has 1 aromatic rings. The van der Waals surface area contributed by atoms with Gasteiger partial charge in [-0.25, -0.2) is 0 Å². The second-order valence-electron chi connectivity index (χ2n) is 4.44. The zero-order chi connectivity index (χ0) is 15.7. The summed E-state index contributed by atoms with van der Waals surface area (Å²) in [5.74, 6) is 5.17. The maximum absolute atomic E-state index is 12.1. The van der Waals surface area contributed by atoms with E-state index in [0.29, 0.717) is 24.1 Å². The number of carbonyl (C=O) groups is 2. The van der Waals surface area contributed by atoms with Crippen molar-refractivity contribution < 1.29 is 14.7 Å². The molecule has 0 bridgehead atoms. The summed E-state index contributed by atoms with van der Waals surface area (Å²) in [4.78, 5) is 23.4. The highest BCUT2D eigenvalue weighted by Crippen LogP contribution is 2.10. The Morgan fingerprint density at radius 2 is 2.05 bits per heavy atom. The molecule has 0 fully saturated rings. The van der Waals surface area contributed by atoms with Gasteiger partial charge in [0.2, 0.25) is 5.91 Å².